The van der Waals surface area contributed by atoms with Gasteiger partial charge in [-0.05, 0) is 55.5 Å². The molecule has 0 spiro atoms. The minimum absolute atomic E-state index is 0.0525. The predicted molar refractivity (Wildman–Crippen MR) is 98.8 cm³/mol. The smallest absolute Gasteiger partial charge is 0.269 e. The Labute approximate surface area is 153 Å². The monoisotopic (exact) mass is 400 g/mol. The van der Waals surface area contributed by atoms with E-state index in [2.05, 4.69) is 28.9 Å². The molecule has 4 rings (SSSR count). The Morgan fingerprint density at radius 3 is 2.52 bits per heavy atom. The number of non-ortho nitro benzene ring substituents is 1. The van der Waals surface area contributed by atoms with E-state index in [-0.39, 0.29) is 17.6 Å². The first-order chi connectivity index (χ1) is 11.9. The van der Waals surface area contributed by atoms with Gasteiger partial charge in [0.2, 0.25) is 5.91 Å². The third-order valence-electron chi connectivity index (χ3n) is 5.27. The summed E-state index contributed by atoms with van der Waals surface area (Å²) in [7, 11) is 0. The molecular weight excluding hydrogens is 384 g/mol. The van der Waals surface area contributed by atoms with Crippen molar-refractivity contribution < 1.29 is 9.72 Å². The molecule has 1 fully saturated rings. The Morgan fingerprint density at radius 1 is 1.24 bits per heavy atom. The number of benzene rings is 2. The van der Waals surface area contributed by atoms with E-state index in [1.807, 2.05) is 17.0 Å². The summed E-state index contributed by atoms with van der Waals surface area (Å²) in [5.41, 5.74) is 2.55. The average Bonchev–Trinajstić information content (AvgIpc) is 3.33. The summed E-state index contributed by atoms with van der Waals surface area (Å²) < 4.78 is 1.02. The zero-order valence-electron chi connectivity index (χ0n) is 13.7. The zero-order valence-corrected chi connectivity index (χ0v) is 15.3. The molecule has 1 saturated carbocycles. The summed E-state index contributed by atoms with van der Waals surface area (Å²) in [4.78, 5) is 25.7. The molecule has 1 heterocycles. The van der Waals surface area contributed by atoms with Gasteiger partial charge in [0.25, 0.3) is 5.69 Å². The molecule has 5 nitrogen and oxygen atoms in total. The Hall–Kier alpha value is -2.21. The maximum atomic E-state index is 13.4. The standard InChI is InChI=1S/C19H17BrN2O3/c1-12-10-13-11-15(20)4-7-17(13)21(12)18(23)19(8-9-19)14-2-5-16(6-3-14)22(24)25/h2-7,11-12H,8-10H2,1H3/t12-/m1/s1. The molecule has 0 unspecified atom stereocenters. The van der Waals surface area contributed by atoms with Crippen LogP contribution in [0.4, 0.5) is 11.4 Å². The molecule has 1 atom stereocenters. The van der Waals surface area contributed by atoms with Gasteiger partial charge in [-0.25, -0.2) is 0 Å². The summed E-state index contributed by atoms with van der Waals surface area (Å²) >= 11 is 3.49. The number of nitrogens with zero attached hydrogens (tertiary/aromatic N) is 2. The van der Waals surface area contributed by atoms with Crippen LogP contribution in [-0.2, 0) is 16.6 Å². The number of carbonyl (C=O) groups is 1. The molecule has 25 heavy (non-hydrogen) atoms. The van der Waals surface area contributed by atoms with E-state index in [1.54, 1.807) is 12.1 Å². The molecular formula is C19H17BrN2O3. The van der Waals surface area contributed by atoms with Crippen LogP contribution < -0.4 is 4.90 Å². The van der Waals surface area contributed by atoms with Crippen LogP contribution in [0.2, 0.25) is 0 Å². The van der Waals surface area contributed by atoms with Gasteiger partial charge < -0.3 is 4.90 Å². The number of hydrogen-bond acceptors (Lipinski definition) is 3. The fraction of sp³-hybridized carbons (Fsp3) is 0.316. The second kappa shape index (κ2) is 5.66. The van der Waals surface area contributed by atoms with E-state index in [1.165, 1.54) is 17.7 Å². The molecule has 1 amide bonds. The summed E-state index contributed by atoms with van der Waals surface area (Å²) in [5.74, 6) is 0.106. The summed E-state index contributed by atoms with van der Waals surface area (Å²) in [6, 6.07) is 12.6. The van der Waals surface area contributed by atoms with Crippen molar-refractivity contribution in [3.8, 4) is 0 Å². The molecule has 1 aliphatic heterocycles. The van der Waals surface area contributed by atoms with Gasteiger partial charge in [0.15, 0.2) is 0 Å². The van der Waals surface area contributed by atoms with E-state index in [0.717, 1.165) is 35.0 Å². The van der Waals surface area contributed by atoms with Crippen molar-refractivity contribution in [2.45, 2.75) is 37.6 Å². The van der Waals surface area contributed by atoms with Crippen molar-refractivity contribution in [1.82, 2.24) is 0 Å². The van der Waals surface area contributed by atoms with Crippen molar-refractivity contribution in [3.05, 3.63) is 68.2 Å². The quantitative estimate of drug-likeness (QED) is 0.567. The highest BCUT2D eigenvalue weighted by Crippen LogP contribution is 2.51. The van der Waals surface area contributed by atoms with Gasteiger partial charge in [-0.15, -0.1) is 0 Å². The third kappa shape index (κ3) is 2.56. The van der Waals surface area contributed by atoms with Gasteiger partial charge in [-0.2, -0.15) is 0 Å². The van der Waals surface area contributed by atoms with Crippen LogP contribution in [-0.4, -0.2) is 16.9 Å². The number of nitro groups is 1. The lowest BCUT2D eigenvalue weighted by atomic mass is 9.93. The lowest BCUT2D eigenvalue weighted by Gasteiger charge is -2.28. The number of halogens is 1. The molecule has 6 heteroatoms. The zero-order chi connectivity index (χ0) is 17.8. The number of hydrogen-bond donors (Lipinski definition) is 0. The molecule has 2 aromatic rings. The molecule has 0 bridgehead atoms. The minimum atomic E-state index is -0.530. The fourth-order valence-electron chi connectivity index (χ4n) is 3.79. The van der Waals surface area contributed by atoms with E-state index in [9.17, 15) is 14.9 Å². The minimum Gasteiger partial charge on any atom is -0.308 e. The number of amides is 1. The van der Waals surface area contributed by atoms with Gasteiger partial charge in [0, 0.05) is 28.3 Å². The first-order valence-corrected chi connectivity index (χ1v) is 9.09. The Bertz CT molecular complexity index is 875. The van der Waals surface area contributed by atoms with Gasteiger partial charge in [0.05, 0.1) is 10.3 Å². The maximum absolute atomic E-state index is 13.4. The second-order valence-corrected chi connectivity index (χ2v) is 7.80. The van der Waals surface area contributed by atoms with E-state index in [4.69, 9.17) is 0 Å². The molecule has 0 radical (unpaired) electrons. The van der Waals surface area contributed by atoms with Crippen LogP contribution in [0.25, 0.3) is 0 Å². The molecule has 0 saturated heterocycles. The Balaban J connectivity index is 1.68. The van der Waals surface area contributed by atoms with E-state index < -0.39 is 10.3 Å². The van der Waals surface area contributed by atoms with Crippen LogP contribution >= 0.6 is 15.9 Å². The van der Waals surface area contributed by atoms with Crippen LogP contribution in [0, 0.1) is 10.1 Å². The van der Waals surface area contributed by atoms with Crippen molar-refractivity contribution in [2.24, 2.45) is 0 Å². The van der Waals surface area contributed by atoms with Crippen LogP contribution in [0.1, 0.15) is 30.9 Å². The van der Waals surface area contributed by atoms with Gasteiger partial charge >= 0.3 is 0 Å². The Kier molecular flexibility index (Phi) is 3.68. The van der Waals surface area contributed by atoms with Crippen molar-refractivity contribution in [1.29, 1.82) is 0 Å². The van der Waals surface area contributed by atoms with Crippen molar-refractivity contribution >= 4 is 33.2 Å². The summed E-state index contributed by atoms with van der Waals surface area (Å²) in [6.07, 6.45) is 2.42. The SMILES string of the molecule is C[C@@H]1Cc2cc(Br)ccc2N1C(=O)C1(c2ccc([N+](=O)[O-])cc2)CC1. The number of rotatable bonds is 3. The van der Waals surface area contributed by atoms with Crippen molar-refractivity contribution in [3.63, 3.8) is 0 Å². The first kappa shape index (κ1) is 16.3. The first-order valence-electron chi connectivity index (χ1n) is 8.29. The highest BCUT2D eigenvalue weighted by Gasteiger charge is 2.54. The third-order valence-corrected chi connectivity index (χ3v) is 5.76. The topological polar surface area (TPSA) is 63.5 Å². The molecule has 128 valence electrons. The molecule has 2 aromatic carbocycles. The lowest BCUT2D eigenvalue weighted by Crippen LogP contribution is -2.42. The van der Waals surface area contributed by atoms with Gasteiger partial charge in [0.1, 0.15) is 0 Å². The molecule has 1 aliphatic carbocycles. The predicted octanol–water partition coefficient (Wildman–Crippen LogP) is 4.37. The largest absolute Gasteiger partial charge is 0.308 e. The van der Waals surface area contributed by atoms with Crippen LogP contribution in [0.15, 0.2) is 46.9 Å². The number of nitro benzene ring substituents is 1. The second-order valence-electron chi connectivity index (χ2n) is 6.89. The molecule has 0 aromatic heterocycles. The van der Waals surface area contributed by atoms with E-state index >= 15 is 0 Å². The number of fused-ring (bicyclic) bond motifs is 1. The average molecular weight is 401 g/mol. The van der Waals surface area contributed by atoms with Gasteiger partial charge in [-0.3, -0.25) is 14.9 Å². The lowest BCUT2D eigenvalue weighted by molar-refractivity contribution is -0.384. The van der Waals surface area contributed by atoms with Crippen LogP contribution in [0.3, 0.4) is 0 Å². The van der Waals surface area contributed by atoms with Gasteiger partial charge in [-0.1, -0.05) is 28.1 Å². The highest BCUT2D eigenvalue weighted by atomic mass is 79.9. The summed E-state index contributed by atoms with van der Waals surface area (Å²) in [5, 5.41) is 10.9. The molecule has 0 N–H and O–H groups in total. The number of anilines is 1. The Morgan fingerprint density at radius 2 is 1.92 bits per heavy atom. The fourth-order valence-corrected chi connectivity index (χ4v) is 4.20. The maximum Gasteiger partial charge on any atom is 0.269 e. The molecule has 2 aliphatic rings. The van der Waals surface area contributed by atoms with Crippen molar-refractivity contribution in [2.75, 3.05) is 4.90 Å². The highest BCUT2D eigenvalue weighted by molar-refractivity contribution is 9.10. The number of carbonyl (C=O) groups excluding carboxylic acids is 1. The summed E-state index contributed by atoms with van der Waals surface area (Å²) in [6.45, 7) is 2.07. The van der Waals surface area contributed by atoms with Crippen LogP contribution in [0.5, 0.6) is 0 Å². The van der Waals surface area contributed by atoms with E-state index in [0.29, 0.717) is 0 Å². The normalized spacial score (nSPS) is 20.2.